The van der Waals surface area contributed by atoms with E-state index in [0.717, 1.165) is 27.3 Å². The van der Waals surface area contributed by atoms with Crippen molar-refractivity contribution in [3.63, 3.8) is 0 Å². The zero-order chi connectivity index (χ0) is 23.5. The van der Waals surface area contributed by atoms with Crippen LogP contribution in [0.3, 0.4) is 0 Å². The fraction of sp³-hybridized carbons (Fsp3) is 0.333. The highest BCUT2D eigenvalue weighted by Crippen LogP contribution is 2.44. The summed E-state index contributed by atoms with van der Waals surface area (Å²) in [6.45, 7) is 1.94. The molecule has 4 rings (SSSR count). The van der Waals surface area contributed by atoms with Crippen LogP contribution in [-0.2, 0) is 19.1 Å². The van der Waals surface area contributed by atoms with Crippen molar-refractivity contribution in [3.05, 3.63) is 59.7 Å². The van der Waals surface area contributed by atoms with Gasteiger partial charge in [0, 0.05) is 18.4 Å². The maximum atomic E-state index is 12.6. The third-order valence-electron chi connectivity index (χ3n) is 6.07. The molecular formula is C24H25N3O6. The van der Waals surface area contributed by atoms with Gasteiger partial charge in [0.1, 0.15) is 6.61 Å². The van der Waals surface area contributed by atoms with Crippen LogP contribution in [0.25, 0.3) is 11.1 Å². The second-order valence-corrected chi connectivity index (χ2v) is 8.14. The Labute approximate surface area is 190 Å². The van der Waals surface area contributed by atoms with Crippen molar-refractivity contribution in [2.24, 2.45) is 0 Å². The van der Waals surface area contributed by atoms with E-state index in [2.05, 4.69) is 22.9 Å². The van der Waals surface area contributed by atoms with Crippen LogP contribution in [0.2, 0.25) is 0 Å². The number of carboxylic acid groups (broad SMARTS) is 1. The number of carbonyl (C=O) groups is 4. The van der Waals surface area contributed by atoms with Crippen LogP contribution in [-0.4, -0.2) is 52.7 Å². The zero-order valence-corrected chi connectivity index (χ0v) is 18.1. The van der Waals surface area contributed by atoms with Gasteiger partial charge in [0.25, 0.3) is 0 Å². The Morgan fingerprint density at radius 3 is 2.30 bits per heavy atom. The van der Waals surface area contributed by atoms with Crippen LogP contribution >= 0.6 is 0 Å². The summed E-state index contributed by atoms with van der Waals surface area (Å²) in [6.07, 6.45) is -0.686. The third-order valence-corrected chi connectivity index (χ3v) is 6.07. The van der Waals surface area contributed by atoms with E-state index in [1.54, 1.807) is 6.92 Å². The molecule has 1 heterocycles. The summed E-state index contributed by atoms with van der Waals surface area (Å²) in [6, 6.07) is 14.2. The minimum atomic E-state index is -1.26. The van der Waals surface area contributed by atoms with E-state index >= 15 is 0 Å². The molecule has 2 aromatic carbocycles. The number of hydrogen-bond donors (Lipinski definition) is 3. The Bertz CT molecular complexity index is 1060. The minimum Gasteiger partial charge on any atom is -0.480 e. The highest BCUT2D eigenvalue weighted by Gasteiger charge is 2.39. The molecule has 3 N–H and O–H groups in total. The molecule has 2 aromatic rings. The minimum absolute atomic E-state index is 0.0824. The van der Waals surface area contributed by atoms with Gasteiger partial charge in [-0.1, -0.05) is 55.5 Å². The first-order valence-corrected chi connectivity index (χ1v) is 10.8. The number of benzene rings is 2. The molecule has 1 saturated heterocycles. The molecule has 1 aliphatic carbocycles. The molecule has 2 atom stereocenters. The maximum absolute atomic E-state index is 12.6. The van der Waals surface area contributed by atoms with Crippen LogP contribution in [0.15, 0.2) is 48.5 Å². The monoisotopic (exact) mass is 451 g/mol. The summed E-state index contributed by atoms with van der Waals surface area (Å²) in [7, 11) is 0. The summed E-state index contributed by atoms with van der Waals surface area (Å²) in [4.78, 5) is 47.9. The van der Waals surface area contributed by atoms with E-state index in [0.29, 0.717) is 6.42 Å². The van der Waals surface area contributed by atoms with Gasteiger partial charge < -0.3 is 15.2 Å². The van der Waals surface area contributed by atoms with E-state index in [-0.39, 0.29) is 25.4 Å². The first-order chi connectivity index (χ1) is 15.9. The molecule has 3 amide bonds. The Kier molecular flexibility index (Phi) is 6.30. The number of fused-ring (bicyclic) bond motifs is 3. The number of aliphatic carboxylic acids is 1. The number of hydrogen-bond acceptors (Lipinski definition) is 5. The van der Waals surface area contributed by atoms with Crippen LogP contribution in [0.1, 0.15) is 43.2 Å². The molecule has 2 unspecified atom stereocenters. The normalized spacial score (nSPS) is 17.7. The Morgan fingerprint density at radius 1 is 1.12 bits per heavy atom. The molecule has 0 radical (unpaired) electrons. The number of carboxylic acids is 1. The standard InChI is InChI=1S/C24H25N3O6/c1-2-14(11-22(29)27-20(23(30)31)12-21(28)26-27)25-24(32)33-13-19-17-9-5-3-7-15(17)16-8-4-6-10-18(16)19/h3-10,14,19-20H,2,11-13H2,1H3,(H,25,32)(H,26,28)(H,30,31). The molecule has 9 nitrogen and oxygen atoms in total. The molecular weight excluding hydrogens is 426 g/mol. The summed E-state index contributed by atoms with van der Waals surface area (Å²) in [5.41, 5.74) is 6.71. The van der Waals surface area contributed by atoms with Gasteiger partial charge in [0.15, 0.2) is 6.04 Å². The molecule has 0 bridgehead atoms. The summed E-state index contributed by atoms with van der Waals surface area (Å²) in [5.74, 6) is -2.47. The highest BCUT2D eigenvalue weighted by molar-refractivity contribution is 5.93. The molecule has 172 valence electrons. The maximum Gasteiger partial charge on any atom is 0.407 e. The fourth-order valence-corrected chi connectivity index (χ4v) is 4.37. The van der Waals surface area contributed by atoms with E-state index in [1.807, 2.05) is 36.4 Å². The lowest BCUT2D eigenvalue weighted by Gasteiger charge is -2.23. The van der Waals surface area contributed by atoms with Crippen LogP contribution in [0.5, 0.6) is 0 Å². The van der Waals surface area contributed by atoms with Crippen molar-refractivity contribution in [1.82, 2.24) is 15.8 Å². The lowest BCUT2D eigenvalue weighted by Crippen LogP contribution is -2.49. The van der Waals surface area contributed by atoms with Crippen molar-refractivity contribution >= 4 is 23.9 Å². The molecule has 0 saturated carbocycles. The third kappa shape index (κ3) is 4.52. The van der Waals surface area contributed by atoms with Crippen LogP contribution < -0.4 is 10.7 Å². The molecule has 0 aromatic heterocycles. The summed E-state index contributed by atoms with van der Waals surface area (Å²) in [5, 5.41) is 12.7. The molecule has 2 aliphatic rings. The van der Waals surface area contributed by atoms with Gasteiger partial charge in [0.2, 0.25) is 11.8 Å². The number of carbonyl (C=O) groups excluding carboxylic acids is 3. The number of nitrogens with one attached hydrogen (secondary N) is 2. The lowest BCUT2D eigenvalue weighted by molar-refractivity contribution is -0.150. The Morgan fingerprint density at radius 2 is 1.73 bits per heavy atom. The average molecular weight is 451 g/mol. The van der Waals surface area contributed by atoms with Gasteiger partial charge in [-0.3, -0.25) is 15.0 Å². The van der Waals surface area contributed by atoms with Gasteiger partial charge in [-0.2, -0.15) is 0 Å². The van der Waals surface area contributed by atoms with Crippen molar-refractivity contribution in [2.75, 3.05) is 6.61 Å². The topological polar surface area (TPSA) is 125 Å². The largest absolute Gasteiger partial charge is 0.480 e. The predicted octanol–water partition coefficient (Wildman–Crippen LogP) is 2.41. The Hall–Kier alpha value is -3.88. The Balaban J connectivity index is 1.36. The smallest absolute Gasteiger partial charge is 0.407 e. The van der Waals surface area contributed by atoms with Gasteiger partial charge in [-0.15, -0.1) is 0 Å². The van der Waals surface area contributed by atoms with Crippen molar-refractivity contribution in [2.45, 2.75) is 44.2 Å². The predicted molar refractivity (Wildman–Crippen MR) is 118 cm³/mol. The van der Waals surface area contributed by atoms with Gasteiger partial charge in [-0.25, -0.2) is 14.6 Å². The van der Waals surface area contributed by atoms with Gasteiger partial charge >= 0.3 is 12.1 Å². The first-order valence-electron chi connectivity index (χ1n) is 10.8. The number of alkyl carbamates (subject to hydrolysis) is 1. The van der Waals surface area contributed by atoms with E-state index < -0.39 is 36.0 Å². The van der Waals surface area contributed by atoms with Crippen molar-refractivity contribution in [1.29, 1.82) is 0 Å². The van der Waals surface area contributed by atoms with Crippen LogP contribution in [0.4, 0.5) is 4.79 Å². The van der Waals surface area contributed by atoms with E-state index in [9.17, 15) is 24.3 Å². The SMILES string of the molecule is CCC(CC(=O)N1NC(=O)CC1C(=O)O)NC(=O)OCC1c2ccccc2-c2ccccc21. The number of ether oxygens (including phenoxy) is 1. The quantitative estimate of drug-likeness (QED) is 0.594. The second-order valence-electron chi connectivity index (χ2n) is 8.14. The number of nitrogens with zero attached hydrogens (tertiary/aromatic N) is 1. The first kappa shape index (κ1) is 22.3. The zero-order valence-electron chi connectivity index (χ0n) is 18.1. The van der Waals surface area contributed by atoms with Gasteiger partial charge in [-0.05, 0) is 28.7 Å². The molecule has 1 fully saturated rings. The summed E-state index contributed by atoms with van der Waals surface area (Å²) < 4.78 is 5.52. The fourth-order valence-electron chi connectivity index (χ4n) is 4.37. The van der Waals surface area contributed by atoms with E-state index in [1.165, 1.54) is 0 Å². The van der Waals surface area contributed by atoms with Crippen molar-refractivity contribution < 1.29 is 29.0 Å². The lowest BCUT2D eigenvalue weighted by atomic mass is 9.98. The average Bonchev–Trinajstić information content (AvgIpc) is 3.35. The summed E-state index contributed by atoms with van der Waals surface area (Å²) >= 11 is 0. The van der Waals surface area contributed by atoms with Crippen molar-refractivity contribution in [3.8, 4) is 11.1 Å². The highest BCUT2D eigenvalue weighted by atomic mass is 16.5. The van der Waals surface area contributed by atoms with E-state index in [4.69, 9.17) is 4.74 Å². The van der Waals surface area contributed by atoms with Crippen LogP contribution in [0, 0.1) is 0 Å². The number of hydrazine groups is 1. The number of amides is 3. The molecule has 1 aliphatic heterocycles. The molecule has 9 heteroatoms. The van der Waals surface area contributed by atoms with Gasteiger partial charge in [0.05, 0.1) is 6.42 Å². The second kappa shape index (κ2) is 9.32. The number of rotatable bonds is 7. The molecule has 33 heavy (non-hydrogen) atoms. The molecule has 0 spiro atoms.